The molecule has 1 heterocycles. The maximum atomic E-state index is 9.44. The molecule has 0 aromatic carbocycles. The lowest BCUT2D eigenvalue weighted by Gasteiger charge is -2.31. The first-order valence-electron chi connectivity index (χ1n) is 6.02. The van der Waals surface area contributed by atoms with Crippen LogP contribution in [0.15, 0.2) is 16.9 Å². The second kappa shape index (κ2) is 6.52. The topological polar surface area (TPSA) is 50.1 Å². The van der Waals surface area contributed by atoms with Gasteiger partial charge in [-0.25, -0.2) is 0 Å². The predicted octanol–water partition coefficient (Wildman–Crippen LogP) is 2.17. The van der Waals surface area contributed by atoms with E-state index < -0.39 is 0 Å². The number of aryl methyl sites for hydroxylation is 1. The number of aromatic nitrogens is 2. The molecular formula is C12H22BrN3O. The third-order valence-corrected chi connectivity index (χ3v) is 3.11. The summed E-state index contributed by atoms with van der Waals surface area (Å²) in [4.78, 5) is 0. The fourth-order valence-electron chi connectivity index (χ4n) is 1.99. The van der Waals surface area contributed by atoms with Crippen LogP contribution < -0.4 is 5.32 Å². The van der Waals surface area contributed by atoms with Crippen LogP contribution in [0.25, 0.3) is 0 Å². The minimum absolute atomic E-state index is 0.161. The molecule has 17 heavy (non-hydrogen) atoms. The highest BCUT2D eigenvalue weighted by Gasteiger charge is 2.23. The third kappa shape index (κ3) is 5.19. The monoisotopic (exact) mass is 303 g/mol. The molecule has 0 bridgehead atoms. The van der Waals surface area contributed by atoms with Crippen molar-refractivity contribution in [2.24, 2.45) is 0 Å². The zero-order chi connectivity index (χ0) is 12.9. The van der Waals surface area contributed by atoms with Crippen molar-refractivity contribution >= 4 is 15.9 Å². The minimum Gasteiger partial charge on any atom is -0.394 e. The van der Waals surface area contributed by atoms with Crippen molar-refractivity contribution in [3.8, 4) is 0 Å². The Hall–Kier alpha value is -0.390. The van der Waals surface area contributed by atoms with Crippen LogP contribution in [0.1, 0.15) is 33.6 Å². The molecule has 5 heteroatoms. The summed E-state index contributed by atoms with van der Waals surface area (Å²) in [6, 6.07) is 0.381. The van der Waals surface area contributed by atoms with Gasteiger partial charge < -0.3 is 10.4 Å². The van der Waals surface area contributed by atoms with E-state index in [1.165, 1.54) is 0 Å². The Labute approximate surface area is 112 Å². The van der Waals surface area contributed by atoms with Crippen LogP contribution in [0, 0.1) is 0 Å². The summed E-state index contributed by atoms with van der Waals surface area (Å²) in [7, 11) is 0. The number of hydrogen-bond donors (Lipinski definition) is 2. The normalized spacial score (nSPS) is 15.2. The van der Waals surface area contributed by atoms with Gasteiger partial charge in [0.15, 0.2) is 0 Å². The summed E-state index contributed by atoms with van der Waals surface area (Å²) in [6.45, 7) is 7.29. The quantitative estimate of drug-likeness (QED) is 0.812. The number of nitrogens with zero attached hydrogens (tertiary/aromatic N) is 2. The molecule has 0 amide bonds. The first-order valence-corrected chi connectivity index (χ1v) is 6.81. The highest BCUT2D eigenvalue weighted by Crippen LogP contribution is 2.14. The standard InChI is InChI=1S/C12H22BrN3O/c1-10(2)15-12(3,9-17)5-4-6-16-8-11(13)7-14-16/h7-8,10,15,17H,4-6,9H2,1-3H3. The van der Waals surface area contributed by atoms with Crippen molar-refractivity contribution in [2.45, 2.75) is 51.7 Å². The van der Waals surface area contributed by atoms with Gasteiger partial charge in [0.05, 0.1) is 17.3 Å². The summed E-state index contributed by atoms with van der Waals surface area (Å²) in [5.41, 5.74) is -0.196. The van der Waals surface area contributed by atoms with Gasteiger partial charge in [-0.3, -0.25) is 4.68 Å². The predicted molar refractivity (Wildman–Crippen MR) is 72.9 cm³/mol. The van der Waals surface area contributed by atoms with Gasteiger partial charge in [0.1, 0.15) is 0 Å². The number of rotatable bonds is 7. The highest BCUT2D eigenvalue weighted by atomic mass is 79.9. The van der Waals surface area contributed by atoms with E-state index in [1.54, 1.807) is 6.20 Å². The van der Waals surface area contributed by atoms with Gasteiger partial charge in [0.2, 0.25) is 0 Å². The molecule has 0 radical (unpaired) electrons. The van der Waals surface area contributed by atoms with Gasteiger partial charge in [0.25, 0.3) is 0 Å². The van der Waals surface area contributed by atoms with Crippen molar-refractivity contribution in [3.05, 3.63) is 16.9 Å². The van der Waals surface area contributed by atoms with E-state index in [1.807, 2.05) is 10.9 Å². The SMILES string of the molecule is CC(C)NC(C)(CO)CCCn1cc(Br)cn1. The molecule has 4 nitrogen and oxygen atoms in total. The zero-order valence-electron chi connectivity index (χ0n) is 10.8. The smallest absolute Gasteiger partial charge is 0.0632 e. The highest BCUT2D eigenvalue weighted by molar-refractivity contribution is 9.10. The molecule has 0 spiro atoms. The Kier molecular flexibility index (Phi) is 5.62. The van der Waals surface area contributed by atoms with Gasteiger partial charge in [-0.15, -0.1) is 0 Å². The van der Waals surface area contributed by atoms with E-state index in [9.17, 15) is 5.11 Å². The largest absolute Gasteiger partial charge is 0.394 e. The summed E-state index contributed by atoms with van der Waals surface area (Å²) >= 11 is 3.37. The van der Waals surface area contributed by atoms with Gasteiger partial charge in [-0.05, 0) is 35.7 Å². The molecule has 0 fully saturated rings. The Bertz CT molecular complexity index is 340. The van der Waals surface area contributed by atoms with E-state index >= 15 is 0 Å². The number of aliphatic hydroxyl groups is 1. The fourth-order valence-corrected chi connectivity index (χ4v) is 2.31. The molecule has 1 unspecified atom stereocenters. The van der Waals surface area contributed by atoms with E-state index in [0.29, 0.717) is 6.04 Å². The first kappa shape index (κ1) is 14.7. The number of hydrogen-bond acceptors (Lipinski definition) is 3. The van der Waals surface area contributed by atoms with Crippen molar-refractivity contribution in [3.63, 3.8) is 0 Å². The van der Waals surface area contributed by atoms with Crippen molar-refractivity contribution in [1.29, 1.82) is 0 Å². The van der Waals surface area contributed by atoms with Gasteiger partial charge in [-0.1, -0.05) is 13.8 Å². The fraction of sp³-hybridized carbons (Fsp3) is 0.750. The average Bonchev–Trinajstić information content (AvgIpc) is 2.63. The van der Waals surface area contributed by atoms with Crippen LogP contribution in [-0.2, 0) is 6.54 Å². The Balaban J connectivity index is 2.37. The third-order valence-electron chi connectivity index (χ3n) is 2.70. The van der Waals surface area contributed by atoms with E-state index in [0.717, 1.165) is 23.9 Å². The van der Waals surface area contributed by atoms with Crippen LogP contribution in [0.5, 0.6) is 0 Å². The molecule has 2 N–H and O–H groups in total. The Morgan fingerprint density at radius 3 is 2.76 bits per heavy atom. The van der Waals surface area contributed by atoms with Crippen molar-refractivity contribution < 1.29 is 5.11 Å². The summed E-state index contributed by atoms with van der Waals surface area (Å²) in [6.07, 6.45) is 5.67. The summed E-state index contributed by atoms with van der Waals surface area (Å²) < 4.78 is 2.92. The lowest BCUT2D eigenvalue weighted by atomic mass is 9.96. The maximum absolute atomic E-state index is 9.44. The van der Waals surface area contributed by atoms with E-state index in [-0.39, 0.29) is 12.1 Å². The Morgan fingerprint density at radius 1 is 1.59 bits per heavy atom. The van der Waals surface area contributed by atoms with Crippen LogP contribution >= 0.6 is 15.9 Å². The molecule has 0 saturated carbocycles. The molecule has 1 rings (SSSR count). The van der Waals surface area contributed by atoms with Crippen LogP contribution in [0.4, 0.5) is 0 Å². The lowest BCUT2D eigenvalue weighted by Crippen LogP contribution is -2.49. The Morgan fingerprint density at radius 2 is 2.29 bits per heavy atom. The molecule has 0 aliphatic heterocycles. The average molecular weight is 304 g/mol. The second-order valence-electron chi connectivity index (χ2n) is 5.04. The second-order valence-corrected chi connectivity index (χ2v) is 5.96. The van der Waals surface area contributed by atoms with Crippen molar-refractivity contribution in [2.75, 3.05) is 6.61 Å². The number of halogens is 1. The lowest BCUT2D eigenvalue weighted by molar-refractivity contribution is 0.153. The molecule has 1 atom stereocenters. The van der Waals surface area contributed by atoms with Gasteiger partial charge in [-0.2, -0.15) is 5.10 Å². The van der Waals surface area contributed by atoms with Gasteiger partial charge >= 0.3 is 0 Å². The van der Waals surface area contributed by atoms with Gasteiger partial charge in [0, 0.05) is 24.3 Å². The minimum atomic E-state index is -0.196. The first-order chi connectivity index (χ1) is 7.95. The molecule has 0 aliphatic carbocycles. The summed E-state index contributed by atoms with van der Waals surface area (Å²) in [5, 5.41) is 17.1. The van der Waals surface area contributed by atoms with Crippen LogP contribution in [0.2, 0.25) is 0 Å². The molecule has 1 aromatic rings. The van der Waals surface area contributed by atoms with E-state index in [2.05, 4.69) is 47.1 Å². The van der Waals surface area contributed by atoms with Crippen LogP contribution in [-0.4, -0.2) is 33.1 Å². The van der Waals surface area contributed by atoms with Crippen LogP contribution in [0.3, 0.4) is 0 Å². The molecular weight excluding hydrogens is 282 g/mol. The number of nitrogens with one attached hydrogen (secondary N) is 1. The maximum Gasteiger partial charge on any atom is 0.0632 e. The molecule has 1 aromatic heterocycles. The molecule has 0 aliphatic rings. The molecule has 0 saturated heterocycles. The van der Waals surface area contributed by atoms with E-state index in [4.69, 9.17) is 0 Å². The van der Waals surface area contributed by atoms with Crippen molar-refractivity contribution in [1.82, 2.24) is 15.1 Å². The zero-order valence-corrected chi connectivity index (χ0v) is 12.4. The number of aliphatic hydroxyl groups excluding tert-OH is 1. The molecule has 98 valence electrons. The summed E-state index contributed by atoms with van der Waals surface area (Å²) in [5.74, 6) is 0.